The topological polar surface area (TPSA) is 54.9 Å². The van der Waals surface area contributed by atoms with Crippen LogP contribution in [0.2, 0.25) is 5.15 Å². The lowest BCUT2D eigenvalue weighted by atomic mass is 10.2. The number of H-pyrrole nitrogens is 1. The highest BCUT2D eigenvalue weighted by atomic mass is 79.9. The predicted molar refractivity (Wildman–Crippen MR) is 74.7 cm³/mol. The summed E-state index contributed by atoms with van der Waals surface area (Å²) in [5, 5.41) is -0.100. The van der Waals surface area contributed by atoms with Gasteiger partial charge >= 0.3 is 5.69 Å². The van der Waals surface area contributed by atoms with Crippen LogP contribution >= 0.6 is 27.5 Å². The van der Waals surface area contributed by atoms with Crippen LogP contribution in [0.25, 0.3) is 5.69 Å². The maximum absolute atomic E-state index is 13.9. The highest BCUT2D eigenvalue weighted by molar-refractivity contribution is 9.10. The second kappa shape index (κ2) is 5.49. The van der Waals surface area contributed by atoms with Crippen LogP contribution in [-0.4, -0.2) is 9.55 Å². The van der Waals surface area contributed by atoms with E-state index in [1.54, 1.807) is 6.92 Å². The summed E-state index contributed by atoms with van der Waals surface area (Å²) < 4.78 is 27.8. The van der Waals surface area contributed by atoms with E-state index >= 15 is 0 Å². The molecule has 0 aliphatic rings. The molecule has 1 N–H and O–H groups in total. The Balaban J connectivity index is 2.87. The van der Waals surface area contributed by atoms with Gasteiger partial charge in [-0.1, -0.05) is 18.5 Å². The third-order valence-electron chi connectivity index (χ3n) is 2.73. The standard InChI is InChI=1S/C12H8BrClF2N2O2/c1-2-5-10(14)17-12(20)18(11(5)19)9-4-7(15)6(13)3-8(9)16/h3-4H,2H2,1H3,(H,17,20). The van der Waals surface area contributed by atoms with Crippen LogP contribution in [0.1, 0.15) is 12.5 Å². The minimum absolute atomic E-state index is 0.100. The largest absolute Gasteiger partial charge is 0.334 e. The number of nitrogens with one attached hydrogen (secondary N) is 1. The average molecular weight is 366 g/mol. The quantitative estimate of drug-likeness (QED) is 0.657. The van der Waals surface area contributed by atoms with Gasteiger partial charge in [0.05, 0.1) is 15.7 Å². The first-order valence-corrected chi connectivity index (χ1v) is 6.72. The Labute approximate surface area is 125 Å². The molecule has 0 aliphatic carbocycles. The van der Waals surface area contributed by atoms with E-state index in [0.717, 1.165) is 12.1 Å². The van der Waals surface area contributed by atoms with Gasteiger partial charge in [-0.25, -0.2) is 18.1 Å². The fourth-order valence-electron chi connectivity index (χ4n) is 1.75. The van der Waals surface area contributed by atoms with Crippen molar-refractivity contribution in [3.8, 4) is 5.69 Å². The molecule has 0 saturated carbocycles. The summed E-state index contributed by atoms with van der Waals surface area (Å²) in [6.07, 6.45) is 0.245. The molecule has 0 atom stereocenters. The zero-order valence-electron chi connectivity index (χ0n) is 10.1. The van der Waals surface area contributed by atoms with E-state index < -0.39 is 28.6 Å². The molecule has 0 saturated heterocycles. The zero-order valence-corrected chi connectivity index (χ0v) is 12.5. The van der Waals surface area contributed by atoms with Gasteiger partial charge in [0.2, 0.25) is 0 Å². The van der Waals surface area contributed by atoms with Gasteiger partial charge in [-0.05, 0) is 28.4 Å². The van der Waals surface area contributed by atoms with Gasteiger partial charge in [0, 0.05) is 6.07 Å². The second-order valence-corrected chi connectivity index (χ2v) is 5.17. The number of benzene rings is 1. The first-order chi connectivity index (χ1) is 9.36. The molecule has 1 aromatic carbocycles. The van der Waals surface area contributed by atoms with E-state index in [9.17, 15) is 18.4 Å². The average Bonchev–Trinajstić information content (AvgIpc) is 2.35. The lowest BCUT2D eigenvalue weighted by molar-refractivity contribution is 0.582. The summed E-state index contributed by atoms with van der Waals surface area (Å²) in [4.78, 5) is 26.2. The molecule has 2 rings (SSSR count). The minimum atomic E-state index is -0.933. The van der Waals surface area contributed by atoms with Crippen molar-refractivity contribution in [2.75, 3.05) is 0 Å². The van der Waals surface area contributed by atoms with E-state index in [1.165, 1.54) is 0 Å². The molecule has 1 aromatic heterocycles. The van der Waals surface area contributed by atoms with Crippen molar-refractivity contribution in [1.82, 2.24) is 9.55 Å². The van der Waals surface area contributed by atoms with Crippen LogP contribution in [0.15, 0.2) is 26.2 Å². The first-order valence-electron chi connectivity index (χ1n) is 5.55. The van der Waals surface area contributed by atoms with Crippen molar-refractivity contribution in [3.05, 3.63) is 59.8 Å². The smallest absolute Gasteiger partial charge is 0.297 e. The van der Waals surface area contributed by atoms with E-state index in [2.05, 4.69) is 20.9 Å². The number of halogens is 4. The SMILES string of the molecule is CCc1c(Cl)[nH]c(=O)n(-c2cc(F)c(Br)cc2F)c1=O. The summed E-state index contributed by atoms with van der Waals surface area (Å²) in [5.41, 5.74) is -2.06. The zero-order chi connectivity index (χ0) is 15.0. The minimum Gasteiger partial charge on any atom is -0.297 e. The molecule has 8 heteroatoms. The Morgan fingerprint density at radius 3 is 2.55 bits per heavy atom. The molecule has 0 fully saturated rings. The van der Waals surface area contributed by atoms with Crippen LogP contribution in [0, 0.1) is 11.6 Å². The number of nitrogens with zero attached hydrogens (tertiary/aromatic N) is 1. The number of aromatic amines is 1. The van der Waals surface area contributed by atoms with Crippen molar-refractivity contribution in [2.24, 2.45) is 0 Å². The van der Waals surface area contributed by atoms with Crippen molar-refractivity contribution in [2.45, 2.75) is 13.3 Å². The Kier molecular flexibility index (Phi) is 4.10. The van der Waals surface area contributed by atoms with E-state index in [1.807, 2.05) is 0 Å². The first kappa shape index (κ1) is 14.9. The van der Waals surface area contributed by atoms with Gasteiger partial charge in [-0.3, -0.25) is 9.78 Å². The fourth-order valence-corrected chi connectivity index (χ4v) is 2.37. The van der Waals surface area contributed by atoms with E-state index in [0.29, 0.717) is 4.57 Å². The highest BCUT2D eigenvalue weighted by Gasteiger charge is 2.17. The lowest BCUT2D eigenvalue weighted by Gasteiger charge is -2.09. The van der Waals surface area contributed by atoms with E-state index in [4.69, 9.17) is 11.6 Å². The van der Waals surface area contributed by atoms with Gasteiger partial charge in [0.15, 0.2) is 0 Å². The van der Waals surface area contributed by atoms with Crippen LogP contribution in [0.5, 0.6) is 0 Å². The third-order valence-corrected chi connectivity index (χ3v) is 3.66. The Morgan fingerprint density at radius 2 is 1.95 bits per heavy atom. The van der Waals surface area contributed by atoms with Gasteiger partial charge in [0.25, 0.3) is 5.56 Å². The van der Waals surface area contributed by atoms with E-state index in [-0.39, 0.29) is 21.6 Å². The van der Waals surface area contributed by atoms with Crippen LogP contribution < -0.4 is 11.2 Å². The molecule has 106 valence electrons. The highest BCUT2D eigenvalue weighted by Crippen LogP contribution is 2.21. The Hall–Kier alpha value is -1.47. The van der Waals surface area contributed by atoms with Crippen LogP contribution in [-0.2, 0) is 6.42 Å². The van der Waals surface area contributed by atoms with Crippen molar-refractivity contribution >= 4 is 27.5 Å². The summed E-state index contributed by atoms with van der Waals surface area (Å²) in [6, 6.07) is 1.61. The molecule has 20 heavy (non-hydrogen) atoms. The summed E-state index contributed by atoms with van der Waals surface area (Å²) in [7, 11) is 0. The molecular formula is C12H8BrClF2N2O2. The van der Waals surface area contributed by atoms with Crippen LogP contribution in [0.3, 0.4) is 0 Å². The predicted octanol–water partition coefficient (Wildman–Crippen LogP) is 2.78. The van der Waals surface area contributed by atoms with Gasteiger partial charge in [-0.15, -0.1) is 0 Å². The van der Waals surface area contributed by atoms with Crippen molar-refractivity contribution in [3.63, 3.8) is 0 Å². The molecule has 0 spiro atoms. The lowest BCUT2D eigenvalue weighted by Crippen LogP contribution is -2.36. The number of hydrogen-bond acceptors (Lipinski definition) is 2. The summed E-state index contributed by atoms with van der Waals surface area (Å²) >= 11 is 8.57. The number of hydrogen-bond donors (Lipinski definition) is 1. The Morgan fingerprint density at radius 1 is 1.30 bits per heavy atom. The molecule has 0 bridgehead atoms. The van der Waals surface area contributed by atoms with Gasteiger partial charge < -0.3 is 0 Å². The monoisotopic (exact) mass is 364 g/mol. The summed E-state index contributed by atoms with van der Waals surface area (Å²) in [5.74, 6) is -1.70. The number of rotatable bonds is 2. The summed E-state index contributed by atoms with van der Waals surface area (Å²) in [6.45, 7) is 1.66. The molecule has 1 heterocycles. The van der Waals surface area contributed by atoms with Crippen molar-refractivity contribution < 1.29 is 8.78 Å². The fraction of sp³-hybridized carbons (Fsp3) is 0.167. The molecule has 4 nitrogen and oxygen atoms in total. The Bertz CT molecular complexity index is 801. The normalized spacial score (nSPS) is 10.8. The molecule has 2 aromatic rings. The second-order valence-electron chi connectivity index (χ2n) is 3.93. The molecule has 0 aliphatic heterocycles. The molecular weight excluding hydrogens is 357 g/mol. The van der Waals surface area contributed by atoms with Crippen LogP contribution in [0.4, 0.5) is 8.78 Å². The molecule has 0 unspecified atom stereocenters. The van der Waals surface area contributed by atoms with Gasteiger partial charge in [-0.2, -0.15) is 0 Å². The maximum Gasteiger partial charge on any atom is 0.334 e. The van der Waals surface area contributed by atoms with Gasteiger partial charge in [0.1, 0.15) is 16.8 Å². The van der Waals surface area contributed by atoms with Crippen molar-refractivity contribution in [1.29, 1.82) is 0 Å². The molecule has 0 amide bonds. The third kappa shape index (κ3) is 2.43. The molecule has 0 radical (unpaired) electrons. The number of aromatic nitrogens is 2. The maximum atomic E-state index is 13.9.